The third-order valence-electron chi connectivity index (χ3n) is 2.42. The molecule has 8 nitrogen and oxygen atoms in total. The summed E-state index contributed by atoms with van der Waals surface area (Å²) >= 11 is 0. The normalized spacial score (nSPS) is 14.5. The summed E-state index contributed by atoms with van der Waals surface area (Å²) < 4.78 is 0. The van der Waals surface area contributed by atoms with E-state index in [0.717, 1.165) is 20.5 Å². The van der Waals surface area contributed by atoms with Gasteiger partial charge in [-0.15, -0.1) is 0 Å². The number of carbonyl (C=O) groups is 2. The number of aliphatic hydroxyl groups excluding tert-OH is 2. The molecule has 0 saturated carbocycles. The number of carbonyl (C=O) groups excluding carboxylic acids is 2. The predicted octanol–water partition coefficient (Wildman–Crippen LogP) is -2.31. The summed E-state index contributed by atoms with van der Waals surface area (Å²) in [7, 11) is 2.10. The van der Waals surface area contributed by atoms with Gasteiger partial charge in [-0.1, -0.05) is 13.3 Å². The fourth-order valence-corrected chi connectivity index (χ4v) is 1.10. The third-order valence-corrected chi connectivity index (χ3v) is 2.42. The fourth-order valence-electron chi connectivity index (χ4n) is 1.10. The molecule has 23 heavy (non-hydrogen) atoms. The number of nitrogens with zero attached hydrogens (tertiary/aromatic N) is 2. The maximum Gasteiger partial charge on any atom is 2.00 e. The van der Waals surface area contributed by atoms with E-state index in [9.17, 15) is 19.8 Å². The zero-order valence-electron chi connectivity index (χ0n) is 14.3. The Labute approximate surface area is 150 Å². The van der Waals surface area contributed by atoms with Gasteiger partial charge in [0.15, 0.2) is 0 Å². The molecule has 0 amide bonds. The second-order valence-corrected chi connectivity index (χ2v) is 4.85. The van der Waals surface area contributed by atoms with Crippen LogP contribution in [0.15, 0.2) is 12.4 Å². The van der Waals surface area contributed by atoms with Crippen LogP contribution in [0.4, 0.5) is 0 Å². The van der Waals surface area contributed by atoms with Crippen LogP contribution in [0.1, 0.15) is 33.6 Å². The molecule has 0 aromatic carbocycles. The van der Waals surface area contributed by atoms with E-state index in [4.69, 9.17) is 10.2 Å². The molecule has 2 atom stereocenters. The standard InChI is InChI=1S/C8H16N2.2C3H6O3.Zn/c1-3-4-5-10-7-6-9(2)8-10;2*1-2(4)3(5)6;/h6-7H,3-5,8H2,1-2H3;2*2,4H,1H3,(H,5,6);/q;;;+2/p-2. The molecule has 0 saturated heterocycles. The molecule has 0 aromatic rings. The van der Waals surface area contributed by atoms with Crippen molar-refractivity contribution >= 4 is 11.9 Å². The van der Waals surface area contributed by atoms with E-state index >= 15 is 0 Å². The number of hydrogen-bond acceptors (Lipinski definition) is 8. The molecule has 1 aliphatic rings. The van der Waals surface area contributed by atoms with Gasteiger partial charge in [-0.05, 0) is 20.3 Å². The molecule has 0 spiro atoms. The first kappa shape index (κ1) is 26.7. The summed E-state index contributed by atoms with van der Waals surface area (Å²) in [6.07, 6.45) is 4.19. The van der Waals surface area contributed by atoms with Crippen molar-refractivity contribution in [1.29, 1.82) is 0 Å². The minimum absolute atomic E-state index is 0. The van der Waals surface area contributed by atoms with Gasteiger partial charge >= 0.3 is 19.5 Å². The molecule has 1 rings (SSSR count). The number of aliphatic carboxylic acids is 2. The Balaban J connectivity index is -0.000000271. The van der Waals surface area contributed by atoms with Crippen molar-refractivity contribution in [3.63, 3.8) is 0 Å². The number of carboxylic acids is 2. The SMILES string of the molecule is CC(O)C(=O)[O-].CC(O)C(=O)[O-].CCCCN1C=CN(C)C1.[Zn+2]. The Morgan fingerprint density at radius 1 is 1.13 bits per heavy atom. The van der Waals surface area contributed by atoms with E-state index in [2.05, 4.69) is 36.2 Å². The van der Waals surface area contributed by atoms with Gasteiger partial charge in [0.25, 0.3) is 0 Å². The first-order valence-electron chi connectivity index (χ1n) is 7.02. The molecule has 0 aliphatic carbocycles. The first-order valence-corrected chi connectivity index (χ1v) is 7.02. The summed E-state index contributed by atoms with van der Waals surface area (Å²) in [4.78, 5) is 23.2. The maximum atomic E-state index is 9.34. The molecule has 1 heterocycles. The van der Waals surface area contributed by atoms with E-state index in [1.54, 1.807) is 0 Å². The minimum atomic E-state index is -1.44. The molecule has 1 aliphatic heterocycles. The van der Waals surface area contributed by atoms with Crippen molar-refractivity contribution < 1.29 is 49.5 Å². The fraction of sp³-hybridized carbons (Fsp3) is 0.714. The Bertz CT molecular complexity index is 332. The van der Waals surface area contributed by atoms with E-state index in [0.29, 0.717) is 0 Å². The van der Waals surface area contributed by atoms with E-state index in [1.165, 1.54) is 19.4 Å². The van der Waals surface area contributed by atoms with E-state index < -0.39 is 24.1 Å². The van der Waals surface area contributed by atoms with Crippen LogP contribution in [0.5, 0.6) is 0 Å². The van der Waals surface area contributed by atoms with Crippen LogP contribution in [0, 0.1) is 0 Å². The molecule has 0 bridgehead atoms. The van der Waals surface area contributed by atoms with Gasteiger partial charge < -0.3 is 39.8 Å². The Hall–Kier alpha value is -1.18. The van der Waals surface area contributed by atoms with Gasteiger partial charge in [0.1, 0.15) is 0 Å². The summed E-state index contributed by atoms with van der Waals surface area (Å²) in [5, 5.41) is 34.6. The number of hydrogen-bond donors (Lipinski definition) is 2. The van der Waals surface area contributed by atoms with Gasteiger partial charge in [-0.25, -0.2) is 0 Å². The van der Waals surface area contributed by atoms with Gasteiger partial charge in [-0.2, -0.15) is 0 Å². The summed E-state index contributed by atoms with van der Waals surface area (Å²) in [5.74, 6) is -2.87. The zero-order valence-corrected chi connectivity index (χ0v) is 17.2. The molecule has 0 radical (unpaired) electrons. The average molecular weight is 384 g/mol. The topological polar surface area (TPSA) is 127 Å². The number of rotatable bonds is 5. The first-order chi connectivity index (χ1) is 10.1. The molecular formula is C14H26N2O6Zn. The Morgan fingerprint density at radius 2 is 1.52 bits per heavy atom. The van der Waals surface area contributed by atoms with Crippen molar-refractivity contribution in [2.75, 3.05) is 20.3 Å². The Morgan fingerprint density at radius 3 is 1.74 bits per heavy atom. The molecule has 0 aromatic heterocycles. The molecule has 130 valence electrons. The van der Waals surface area contributed by atoms with Crippen LogP contribution in [-0.2, 0) is 29.1 Å². The smallest absolute Gasteiger partial charge is 0.547 e. The van der Waals surface area contributed by atoms with Crippen LogP contribution in [0.2, 0.25) is 0 Å². The molecule has 0 fully saturated rings. The van der Waals surface area contributed by atoms with Crippen LogP contribution in [0.25, 0.3) is 0 Å². The third kappa shape index (κ3) is 18.8. The van der Waals surface area contributed by atoms with Crippen molar-refractivity contribution in [3.05, 3.63) is 12.4 Å². The van der Waals surface area contributed by atoms with Gasteiger partial charge in [0.2, 0.25) is 0 Å². The molecular weight excluding hydrogens is 358 g/mol. The minimum Gasteiger partial charge on any atom is -0.547 e. The number of unbranched alkanes of at least 4 members (excludes halogenated alkanes) is 1. The summed E-state index contributed by atoms with van der Waals surface area (Å²) in [5.41, 5.74) is 0. The molecule has 9 heteroatoms. The summed E-state index contributed by atoms with van der Waals surface area (Å²) in [6, 6.07) is 0. The monoisotopic (exact) mass is 382 g/mol. The van der Waals surface area contributed by atoms with Crippen molar-refractivity contribution in [2.45, 2.75) is 45.8 Å². The van der Waals surface area contributed by atoms with Crippen LogP contribution in [-0.4, -0.2) is 64.4 Å². The van der Waals surface area contributed by atoms with Crippen LogP contribution in [0.3, 0.4) is 0 Å². The molecule has 2 N–H and O–H groups in total. The van der Waals surface area contributed by atoms with Crippen molar-refractivity contribution in [3.8, 4) is 0 Å². The zero-order chi connectivity index (χ0) is 17.7. The van der Waals surface area contributed by atoms with E-state index in [-0.39, 0.29) is 19.5 Å². The Kier molecular flexibility index (Phi) is 18.2. The quantitative estimate of drug-likeness (QED) is 0.507. The molecule has 2 unspecified atom stereocenters. The summed E-state index contributed by atoms with van der Waals surface area (Å²) in [6.45, 7) is 6.77. The number of aliphatic hydroxyl groups is 2. The predicted molar refractivity (Wildman–Crippen MR) is 76.8 cm³/mol. The van der Waals surface area contributed by atoms with Gasteiger partial charge in [0.05, 0.1) is 30.8 Å². The average Bonchev–Trinajstić information content (AvgIpc) is 2.83. The van der Waals surface area contributed by atoms with Crippen LogP contribution < -0.4 is 10.2 Å². The van der Waals surface area contributed by atoms with Crippen LogP contribution >= 0.6 is 0 Å². The van der Waals surface area contributed by atoms with E-state index in [1.807, 2.05) is 0 Å². The van der Waals surface area contributed by atoms with Crippen molar-refractivity contribution in [2.24, 2.45) is 0 Å². The maximum absolute atomic E-state index is 9.34. The van der Waals surface area contributed by atoms with Gasteiger partial charge in [-0.3, -0.25) is 0 Å². The van der Waals surface area contributed by atoms with Gasteiger partial charge in [0, 0.05) is 26.0 Å². The number of carboxylic acid groups (broad SMARTS) is 2. The van der Waals surface area contributed by atoms with Crippen molar-refractivity contribution in [1.82, 2.24) is 9.80 Å². The largest absolute Gasteiger partial charge is 2.00 e. The second-order valence-electron chi connectivity index (χ2n) is 4.85. The second kappa shape index (κ2) is 15.7.